The summed E-state index contributed by atoms with van der Waals surface area (Å²) in [7, 11) is 0. The summed E-state index contributed by atoms with van der Waals surface area (Å²) < 4.78 is 6.67. The number of hydrogen-bond acceptors (Lipinski definition) is 2. The van der Waals surface area contributed by atoms with E-state index in [0.717, 1.165) is 35.2 Å². The fourth-order valence-corrected chi connectivity index (χ4v) is 2.45. The maximum atomic E-state index is 9.66. The normalized spacial score (nSPS) is 15.9. The van der Waals surface area contributed by atoms with Crippen molar-refractivity contribution in [3.05, 3.63) is 27.7 Å². The molecule has 0 saturated carbocycles. The summed E-state index contributed by atoms with van der Waals surface area (Å²) in [6, 6.07) is 4.15. The molecule has 2 rings (SSSR count). The number of aliphatic hydroxyl groups is 1. The highest BCUT2D eigenvalue weighted by Gasteiger charge is 2.18. The number of ether oxygens (including phenoxy) is 1. The Morgan fingerprint density at radius 1 is 1.53 bits per heavy atom. The lowest BCUT2D eigenvalue weighted by Gasteiger charge is -2.12. The van der Waals surface area contributed by atoms with E-state index < -0.39 is 0 Å². The summed E-state index contributed by atoms with van der Waals surface area (Å²) in [5.74, 6) is 0.991. The minimum Gasteiger partial charge on any atom is -0.493 e. The van der Waals surface area contributed by atoms with Crippen LogP contribution < -0.4 is 4.74 Å². The van der Waals surface area contributed by atoms with Gasteiger partial charge in [0.1, 0.15) is 5.75 Å². The van der Waals surface area contributed by atoms with Crippen LogP contribution in [0.2, 0.25) is 0 Å². The number of benzene rings is 1. The predicted molar refractivity (Wildman–Crippen MR) is 63.3 cm³/mol. The Labute approximate surface area is 98.4 Å². The highest BCUT2D eigenvalue weighted by molar-refractivity contribution is 9.10. The van der Waals surface area contributed by atoms with E-state index in [2.05, 4.69) is 22.0 Å². The molecule has 1 aromatic rings. The number of hydrogen-bond donors (Lipinski definition) is 1. The van der Waals surface area contributed by atoms with Gasteiger partial charge >= 0.3 is 0 Å². The minimum absolute atomic E-state index is 0.271. The van der Waals surface area contributed by atoms with E-state index in [1.807, 2.05) is 13.0 Å². The van der Waals surface area contributed by atoms with Gasteiger partial charge in [-0.1, -0.05) is 22.9 Å². The standard InChI is InChI=1S/C12H15BrO2/c1-2-11(14)7-9-6-10(13)5-8-3-4-15-12(8)9/h5-6,11,14H,2-4,7H2,1H3. The molecule has 0 radical (unpaired) electrons. The van der Waals surface area contributed by atoms with Crippen molar-refractivity contribution in [1.29, 1.82) is 0 Å². The van der Waals surface area contributed by atoms with E-state index in [9.17, 15) is 5.11 Å². The number of aliphatic hydroxyl groups excluding tert-OH is 1. The van der Waals surface area contributed by atoms with Gasteiger partial charge in [-0.2, -0.15) is 0 Å². The highest BCUT2D eigenvalue weighted by atomic mass is 79.9. The van der Waals surface area contributed by atoms with Gasteiger partial charge in [0.15, 0.2) is 0 Å². The molecule has 1 unspecified atom stereocenters. The van der Waals surface area contributed by atoms with Gasteiger partial charge in [0, 0.05) is 17.3 Å². The second-order valence-corrected chi connectivity index (χ2v) is 4.83. The molecule has 0 spiro atoms. The van der Waals surface area contributed by atoms with Crippen molar-refractivity contribution in [2.75, 3.05) is 6.61 Å². The molecule has 1 aliphatic rings. The Bertz CT molecular complexity index is 363. The molecule has 0 aliphatic carbocycles. The van der Waals surface area contributed by atoms with Crippen LogP contribution in [-0.2, 0) is 12.8 Å². The summed E-state index contributed by atoms with van der Waals surface area (Å²) in [5, 5.41) is 9.66. The smallest absolute Gasteiger partial charge is 0.125 e. The molecular formula is C12H15BrO2. The number of halogens is 1. The molecule has 3 heteroatoms. The number of fused-ring (bicyclic) bond motifs is 1. The van der Waals surface area contributed by atoms with Crippen molar-refractivity contribution >= 4 is 15.9 Å². The lowest BCUT2D eigenvalue weighted by Crippen LogP contribution is -2.09. The van der Waals surface area contributed by atoms with Gasteiger partial charge in [0.05, 0.1) is 12.7 Å². The molecular weight excluding hydrogens is 256 g/mol. The van der Waals surface area contributed by atoms with Crippen molar-refractivity contribution in [2.45, 2.75) is 32.3 Å². The molecule has 0 saturated heterocycles. The zero-order valence-electron chi connectivity index (χ0n) is 8.79. The molecule has 0 aromatic heterocycles. The molecule has 15 heavy (non-hydrogen) atoms. The zero-order valence-corrected chi connectivity index (χ0v) is 10.4. The lowest BCUT2D eigenvalue weighted by molar-refractivity contribution is 0.169. The Morgan fingerprint density at radius 2 is 2.33 bits per heavy atom. The third kappa shape index (κ3) is 2.34. The maximum Gasteiger partial charge on any atom is 0.125 e. The first-order valence-electron chi connectivity index (χ1n) is 5.33. The van der Waals surface area contributed by atoms with Crippen LogP contribution in [0.15, 0.2) is 16.6 Å². The molecule has 1 aromatic carbocycles. The quantitative estimate of drug-likeness (QED) is 0.915. The Morgan fingerprint density at radius 3 is 3.07 bits per heavy atom. The van der Waals surface area contributed by atoms with Crippen LogP contribution >= 0.6 is 15.9 Å². The van der Waals surface area contributed by atoms with E-state index in [-0.39, 0.29) is 6.10 Å². The van der Waals surface area contributed by atoms with Gasteiger partial charge in [-0.3, -0.25) is 0 Å². The SMILES string of the molecule is CCC(O)Cc1cc(Br)cc2c1OCC2. The van der Waals surface area contributed by atoms with Gasteiger partial charge in [-0.15, -0.1) is 0 Å². The molecule has 1 N–H and O–H groups in total. The lowest BCUT2D eigenvalue weighted by atomic mass is 10.0. The first kappa shape index (κ1) is 11.0. The first-order valence-corrected chi connectivity index (χ1v) is 6.12. The van der Waals surface area contributed by atoms with Crippen molar-refractivity contribution < 1.29 is 9.84 Å². The van der Waals surface area contributed by atoms with Crippen LogP contribution in [0, 0.1) is 0 Å². The summed E-state index contributed by atoms with van der Waals surface area (Å²) in [6.45, 7) is 2.75. The molecule has 0 amide bonds. The third-order valence-corrected chi connectivity index (χ3v) is 3.21. The fourth-order valence-electron chi connectivity index (χ4n) is 1.90. The first-order chi connectivity index (χ1) is 7.20. The van der Waals surface area contributed by atoms with E-state index in [1.165, 1.54) is 5.56 Å². The second-order valence-electron chi connectivity index (χ2n) is 3.92. The largest absolute Gasteiger partial charge is 0.493 e. The van der Waals surface area contributed by atoms with Crippen LogP contribution in [-0.4, -0.2) is 17.8 Å². The molecule has 1 atom stereocenters. The van der Waals surface area contributed by atoms with Gasteiger partial charge in [0.25, 0.3) is 0 Å². The van der Waals surface area contributed by atoms with Crippen LogP contribution in [0.1, 0.15) is 24.5 Å². The van der Waals surface area contributed by atoms with Crippen LogP contribution in [0.25, 0.3) is 0 Å². The predicted octanol–water partition coefficient (Wildman–Crippen LogP) is 2.70. The van der Waals surface area contributed by atoms with Crippen molar-refractivity contribution in [1.82, 2.24) is 0 Å². The highest BCUT2D eigenvalue weighted by Crippen LogP contribution is 2.33. The molecule has 0 bridgehead atoms. The minimum atomic E-state index is -0.271. The average Bonchev–Trinajstić information content (AvgIpc) is 2.65. The average molecular weight is 271 g/mol. The van der Waals surface area contributed by atoms with Crippen LogP contribution in [0.4, 0.5) is 0 Å². The monoisotopic (exact) mass is 270 g/mol. The molecule has 82 valence electrons. The van der Waals surface area contributed by atoms with E-state index >= 15 is 0 Å². The Kier molecular flexibility index (Phi) is 3.32. The second kappa shape index (κ2) is 4.54. The van der Waals surface area contributed by atoms with E-state index in [1.54, 1.807) is 0 Å². The van der Waals surface area contributed by atoms with Gasteiger partial charge in [-0.05, 0) is 29.7 Å². The topological polar surface area (TPSA) is 29.5 Å². The van der Waals surface area contributed by atoms with Gasteiger partial charge in [0.2, 0.25) is 0 Å². The summed E-state index contributed by atoms with van der Waals surface area (Å²) in [6.07, 6.45) is 2.16. The maximum absolute atomic E-state index is 9.66. The fraction of sp³-hybridized carbons (Fsp3) is 0.500. The van der Waals surface area contributed by atoms with Crippen molar-refractivity contribution in [3.63, 3.8) is 0 Å². The third-order valence-electron chi connectivity index (χ3n) is 2.75. The summed E-state index contributed by atoms with van der Waals surface area (Å²) in [5.41, 5.74) is 2.37. The molecule has 1 aliphatic heterocycles. The summed E-state index contributed by atoms with van der Waals surface area (Å²) in [4.78, 5) is 0. The van der Waals surface area contributed by atoms with Crippen molar-refractivity contribution in [2.24, 2.45) is 0 Å². The Balaban J connectivity index is 2.30. The number of rotatable bonds is 3. The summed E-state index contributed by atoms with van der Waals surface area (Å²) >= 11 is 3.49. The van der Waals surface area contributed by atoms with E-state index in [4.69, 9.17) is 4.74 Å². The molecule has 2 nitrogen and oxygen atoms in total. The molecule has 0 fully saturated rings. The molecule has 1 heterocycles. The van der Waals surface area contributed by atoms with Crippen molar-refractivity contribution in [3.8, 4) is 5.75 Å². The van der Waals surface area contributed by atoms with Gasteiger partial charge in [-0.25, -0.2) is 0 Å². The van der Waals surface area contributed by atoms with Gasteiger partial charge < -0.3 is 9.84 Å². The Hall–Kier alpha value is -0.540. The van der Waals surface area contributed by atoms with E-state index in [0.29, 0.717) is 6.42 Å². The van der Waals surface area contributed by atoms with Crippen LogP contribution in [0.3, 0.4) is 0 Å². The zero-order chi connectivity index (χ0) is 10.8. The van der Waals surface area contributed by atoms with Crippen LogP contribution in [0.5, 0.6) is 5.75 Å².